The number of nitrogens with zero attached hydrogens (tertiary/aromatic N) is 4. The summed E-state index contributed by atoms with van der Waals surface area (Å²) in [5, 5.41) is 17.8. The summed E-state index contributed by atoms with van der Waals surface area (Å²) in [6.45, 7) is 2.99. The van der Waals surface area contributed by atoms with Gasteiger partial charge in [-0.1, -0.05) is 23.5 Å². The molecule has 0 aliphatic carbocycles. The Morgan fingerprint density at radius 3 is 2.97 bits per heavy atom. The van der Waals surface area contributed by atoms with Gasteiger partial charge in [-0.3, -0.25) is 9.89 Å². The molecule has 1 saturated heterocycles. The molecular weight excluding hydrogens is 442 g/mol. The number of aliphatic hydroxyl groups excluding tert-OH is 1. The van der Waals surface area contributed by atoms with Crippen LogP contribution in [0.1, 0.15) is 19.3 Å². The van der Waals surface area contributed by atoms with Gasteiger partial charge in [0.05, 0.1) is 41.8 Å². The number of carbonyl (C=O) groups is 1. The Bertz CT molecular complexity index is 1260. The number of ketones is 1. The standard InChI is InChI=1S/C23H25N5O4S/c29-14-15(30)4-1-2-9-32-20-12-19-21(33-20)23(28-7-10-31-11-8-28)26-22(25-19)16-5-3-6-18-17(16)13-24-27-18/h3,5-6,12-13,29H,1-2,4,7-11,14H2,(H,24,27). The van der Waals surface area contributed by atoms with Gasteiger partial charge in [0.15, 0.2) is 22.5 Å². The lowest BCUT2D eigenvalue weighted by molar-refractivity contribution is -0.121. The maximum atomic E-state index is 11.2. The Balaban J connectivity index is 1.45. The largest absolute Gasteiger partial charge is 0.484 e. The van der Waals surface area contributed by atoms with Gasteiger partial charge in [0.2, 0.25) is 0 Å². The van der Waals surface area contributed by atoms with Crippen molar-refractivity contribution in [3.05, 3.63) is 30.5 Å². The van der Waals surface area contributed by atoms with Gasteiger partial charge in [-0.2, -0.15) is 5.10 Å². The van der Waals surface area contributed by atoms with Crippen LogP contribution in [0.5, 0.6) is 5.06 Å². The number of hydrogen-bond acceptors (Lipinski definition) is 9. The van der Waals surface area contributed by atoms with Crippen LogP contribution in [0.25, 0.3) is 32.5 Å². The topological polar surface area (TPSA) is 113 Å². The number of rotatable bonds is 9. The van der Waals surface area contributed by atoms with Crippen molar-refractivity contribution in [3.8, 4) is 16.5 Å². The Labute approximate surface area is 194 Å². The van der Waals surface area contributed by atoms with Crippen LogP contribution in [0.4, 0.5) is 5.82 Å². The smallest absolute Gasteiger partial charge is 0.176 e. The fourth-order valence-corrected chi connectivity index (χ4v) is 4.90. The Hall–Kier alpha value is -3.08. The van der Waals surface area contributed by atoms with Gasteiger partial charge in [-0.25, -0.2) is 9.97 Å². The van der Waals surface area contributed by atoms with E-state index in [9.17, 15) is 4.79 Å². The van der Waals surface area contributed by atoms with Crippen LogP contribution in [-0.4, -0.2) is 70.6 Å². The second-order valence-corrected chi connectivity index (χ2v) is 8.90. The second kappa shape index (κ2) is 9.82. The molecule has 1 fully saturated rings. The predicted molar refractivity (Wildman–Crippen MR) is 127 cm³/mol. The predicted octanol–water partition coefficient (Wildman–Crippen LogP) is 3.18. The number of ether oxygens (including phenoxy) is 2. The lowest BCUT2D eigenvalue weighted by Crippen LogP contribution is -2.36. The minimum absolute atomic E-state index is 0.137. The molecule has 5 rings (SSSR count). The van der Waals surface area contributed by atoms with Crippen molar-refractivity contribution in [1.82, 2.24) is 20.2 Å². The summed E-state index contributed by atoms with van der Waals surface area (Å²) in [4.78, 5) is 23.3. The van der Waals surface area contributed by atoms with E-state index in [1.807, 2.05) is 24.3 Å². The number of morpholine rings is 1. The van der Waals surface area contributed by atoms with Crippen LogP contribution in [0.15, 0.2) is 30.5 Å². The first kappa shape index (κ1) is 21.7. The van der Waals surface area contributed by atoms with Gasteiger partial charge in [0, 0.05) is 36.5 Å². The molecule has 2 N–H and O–H groups in total. The Kier molecular flexibility index (Phi) is 6.47. The molecule has 0 radical (unpaired) electrons. The van der Waals surface area contributed by atoms with Crippen molar-refractivity contribution < 1.29 is 19.4 Å². The van der Waals surface area contributed by atoms with Crippen molar-refractivity contribution in [2.24, 2.45) is 0 Å². The first-order chi connectivity index (χ1) is 16.2. The highest BCUT2D eigenvalue weighted by molar-refractivity contribution is 7.21. The third-order valence-corrected chi connectivity index (χ3v) is 6.67. The lowest BCUT2D eigenvalue weighted by atomic mass is 10.1. The number of aromatic amines is 1. The summed E-state index contributed by atoms with van der Waals surface area (Å²) in [6.07, 6.45) is 3.62. The van der Waals surface area contributed by atoms with Crippen LogP contribution in [-0.2, 0) is 9.53 Å². The quantitative estimate of drug-likeness (QED) is 0.361. The maximum absolute atomic E-state index is 11.2. The third kappa shape index (κ3) is 4.68. The Morgan fingerprint density at radius 2 is 2.12 bits per heavy atom. The van der Waals surface area contributed by atoms with Gasteiger partial charge in [0.1, 0.15) is 6.61 Å². The zero-order chi connectivity index (χ0) is 22.6. The van der Waals surface area contributed by atoms with E-state index in [1.165, 1.54) is 0 Å². The number of fused-ring (bicyclic) bond motifs is 2. The molecule has 0 saturated carbocycles. The van der Waals surface area contributed by atoms with E-state index in [1.54, 1.807) is 17.5 Å². The number of aliphatic hydroxyl groups is 1. The highest BCUT2D eigenvalue weighted by Gasteiger charge is 2.21. The van der Waals surface area contributed by atoms with Crippen molar-refractivity contribution >= 4 is 44.1 Å². The number of H-pyrrole nitrogens is 1. The average molecular weight is 468 g/mol. The maximum Gasteiger partial charge on any atom is 0.176 e. The monoisotopic (exact) mass is 467 g/mol. The van der Waals surface area contributed by atoms with Crippen LogP contribution in [0, 0.1) is 0 Å². The molecule has 4 heterocycles. The molecule has 4 aromatic rings. The summed E-state index contributed by atoms with van der Waals surface area (Å²) in [6, 6.07) is 7.93. The SMILES string of the molecule is O=C(CO)CCCCOc1cc2nc(-c3cccc4[nH]ncc34)nc(N3CCOCC3)c2s1. The van der Waals surface area contributed by atoms with E-state index in [-0.39, 0.29) is 5.78 Å². The number of anilines is 1. The summed E-state index contributed by atoms with van der Waals surface area (Å²) < 4.78 is 12.5. The van der Waals surface area contributed by atoms with E-state index in [0.717, 1.165) is 57.1 Å². The van der Waals surface area contributed by atoms with Gasteiger partial charge < -0.3 is 19.5 Å². The number of hydrogen-bond donors (Lipinski definition) is 2. The molecule has 10 heteroatoms. The zero-order valence-electron chi connectivity index (χ0n) is 18.1. The normalized spacial score (nSPS) is 14.3. The van der Waals surface area contributed by atoms with Crippen LogP contribution < -0.4 is 9.64 Å². The molecular formula is C23H25N5O4S. The zero-order valence-corrected chi connectivity index (χ0v) is 18.9. The van der Waals surface area contributed by atoms with E-state index >= 15 is 0 Å². The molecule has 33 heavy (non-hydrogen) atoms. The first-order valence-electron chi connectivity index (χ1n) is 11.0. The summed E-state index contributed by atoms with van der Waals surface area (Å²) in [7, 11) is 0. The van der Waals surface area contributed by atoms with E-state index in [0.29, 0.717) is 38.5 Å². The number of nitrogens with one attached hydrogen (secondary N) is 1. The van der Waals surface area contributed by atoms with E-state index < -0.39 is 6.61 Å². The highest BCUT2D eigenvalue weighted by Crippen LogP contribution is 2.39. The molecule has 0 spiro atoms. The number of Topliss-reactive ketones (excluding diaryl/α,β-unsaturated/α-hetero) is 1. The van der Waals surface area contributed by atoms with Gasteiger partial charge >= 0.3 is 0 Å². The van der Waals surface area contributed by atoms with Crippen molar-refractivity contribution in [2.45, 2.75) is 19.3 Å². The van der Waals surface area contributed by atoms with E-state index in [2.05, 4.69) is 15.1 Å². The van der Waals surface area contributed by atoms with Crippen LogP contribution in [0.3, 0.4) is 0 Å². The highest BCUT2D eigenvalue weighted by atomic mass is 32.1. The van der Waals surface area contributed by atoms with Gasteiger partial charge in [-0.05, 0) is 18.9 Å². The molecule has 3 aromatic heterocycles. The van der Waals surface area contributed by atoms with Crippen molar-refractivity contribution in [3.63, 3.8) is 0 Å². The van der Waals surface area contributed by atoms with Crippen LogP contribution >= 0.6 is 11.3 Å². The second-order valence-electron chi connectivity index (χ2n) is 7.89. The molecule has 9 nitrogen and oxygen atoms in total. The molecule has 0 unspecified atom stereocenters. The van der Waals surface area contributed by atoms with Gasteiger partial charge in [-0.15, -0.1) is 0 Å². The summed E-state index contributed by atoms with van der Waals surface area (Å²) in [5.74, 6) is 1.41. The fraction of sp³-hybridized carbons (Fsp3) is 0.391. The number of thiophene rings is 1. The lowest BCUT2D eigenvalue weighted by Gasteiger charge is -2.28. The minimum atomic E-state index is -0.394. The minimum Gasteiger partial charge on any atom is -0.484 e. The molecule has 0 atom stereocenters. The summed E-state index contributed by atoms with van der Waals surface area (Å²) in [5.41, 5.74) is 2.72. The number of aromatic nitrogens is 4. The fourth-order valence-electron chi connectivity index (χ4n) is 3.91. The molecule has 1 aliphatic heterocycles. The van der Waals surface area contributed by atoms with Crippen molar-refractivity contribution in [1.29, 1.82) is 0 Å². The molecule has 1 aliphatic rings. The molecule has 0 bridgehead atoms. The number of carbonyl (C=O) groups excluding carboxylic acids is 1. The molecule has 0 amide bonds. The van der Waals surface area contributed by atoms with Crippen molar-refractivity contribution in [2.75, 3.05) is 44.4 Å². The molecule has 1 aromatic carbocycles. The average Bonchev–Trinajstić information content (AvgIpc) is 3.50. The Morgan fingerprint density at radius 1 is 1.24 bits per heavy atom. The first-order valence-corrected chi connectivity index (χ1v) is 11.9. The van der Waals surface area contributed by atoms with Gasteiger partial charge in [0.25, 0.3) is 0 Å². The molecule has 172 valence electrons. The number of unbranched alkanes of at least 4 members (excludes halogenated alkanes) is 1. The number of benzene rings is 1. The van der Waals surface area contributed by atoms with Crippen LogP contribution in [0.2, 0.25) is 0 Å². The van der Waals surface area contributed by atoms with E-state index in [4.69, 9.17) is 24.5 Å². The third-order valence-electron chi connectivity index (χ3n) is 5.64. The summed E-state index contributed by atoms with van der Waals surface area (Å²) >= 11 is 1.54.